The Morgan fingerprint density at radius 3 is 2.12 bits per heavy atom. The SMILES string of the molecule is CNC(=O)C[C@@H]1NC(=O)c2csc(n2)-c2ccc(-c3nc(N(CC(=O)O)C(=O)OC4CCC(C(=O)O)CC4)cs3)nc2-c2csc(n2)-c2csc(n2)[C@H](Cc2ccccc2)NC(=O)CNC(=O)c2nc(sc2COC)C(C(C)C)NC(=O)c2nc1sc2C. The van der Waals surface area contributed by atoms with Gasteiger partial charge in [0.2, 0.25) is 11.8 Å². The van der Waals surface area contributed by atoms with Crippen molar-refractivity contribution in [2.45, 2.75) is 90.1 Å². The number of aryl methyl sites for hydroxylation is 1. The largest absolute Gasteiger partial charge is 0.481 e. The molecule has 0 spiro atoms. The van der Waals surface area contributed by atoms with E-state index in [0.29, 0.717) is 95.2 Å². The number of methoxy groups -OCH3 is 1. The molecule has 31 heteroatoms. The molecule has 10 rings (SSSR count). The summed E-state index contributed by atoms with van der Waals surface area (Å²) in [7, 11) is 2.94. The molecule has 1 unspecified atom stereocenters. The summed E-state index contributed by atoms with van der Waals surface area (Å²) in [6.07, 6.45) is -0.264. The number of pyridine rings is 1. The average Bonchev–Trinajstić information content (AvgIpc) is 4.53. The van der Waals surface area contributed by atoms with E-state index in [1.807, 2.05) is 49.6 Å². The van der Waals surface area contributed by atoms with Gasteiger partial charge in [0.15, 0.2) is 0 Å². The molecule has 7 N–H and O–H groups in total. The number of nitrogens with one attached hydrogen (secondary N) is 5. The number of hydrogen-bond acceptors (Lipinski definition) is 23. The molecule has 8 heterocycles. The Morgan fingerprint density at radius 2 is 1.40 bits per heavy atom. The van der Waals surface area contributed by atoms with Gasteiger partial charge in [-0.2, -0.15) is 0 Å². The van der Waals surface area contributed by atoms with Crippen molar-refractivity contribution in [2.24, 2.45) is 11.8 Å². The second-order valence-electron chi connectivity index (χ2n) is 20.7. The molecule has 1 aliphatic heterocycles. The monoisotopic (exact) mass is 1310 g/mol. The van der Waals surface area contributed by atoms with Crippen LogP contribution >= 0.6 is 68.0 Å². The molecule has 8 aromatic rings. The third-order valence-electron chi connectivity index (χ3n) is 14.2. The Morgan fingerprint density at radius 1 is 0.693 bits per heavy atom. The smallest absolute Gasteiger partial charge is 0.416 e. The fourth-order valence-corrected chi connectivity index (χ4v) is 15.2. The van der Waals surface area contributed by atoms with Crippen molar-refractivity contribution < 1.29 is 58.0 Å². The third kappa shape index (κ3) is 14.6. The Balaban J connectivity index is 1.03. The van der Waals surface area contributed by atoms with Gasteiger partial charge in [-0.1, -0.05) is 44.2 Å². The number of anilines is 1. The average molecular weight is 1310 g/mol. The van der Waals surface area contributed by atoms with Crippen molar-refractivity contribution in [1.82, 2.24) is 61.5 Å². The molecule has 1 aliphatic carbocycles. The van der Waals surface area contributed by atoms with Gasteiger partial charge in [-0.05, 0) is 62.6 Å². The predicted molar refractivity (Wildman–Crippen MR) is 330 cm³/mol. The first-order valence-electron chi connectivity index (χ1n) is 27.5. The van der Waals surface area contributed by atoms with Crippen molar-refractivity contribution >= 4 is 121 Å². The number of benzene rings is 1. The number of thiazole rings is 6. The van der Waals surface area contributed by atoms with Gasteiger partial charge < -0.3 is 46.3 Å². The van der Waals surface area contributed by atoms with Gasteiger partial charge in [-0.15, -0.1) is 68.0 Å². The first-order chi connectivity index (χ1) is 42.3. The molecule has 458 valence electrons. The van der Waals surface area contributed by atoms with E-state index in [1.165, 1.54) is 53.5 Å². The van der Waals surface area contributed by atoms with Crippen molar-refractivity contribution in [3.05, 3.63) is 111 Å². The minimum absolute atomic E-state index is 0.00715. The molecule has 6 amide bonds. The maximum absolute atomic E-state index is 14.4. The second-order valence-corrected chi connectivity index (χ2v) is 26.5. The number of carbonyl (C=O) groups is 8. The van der Waals surface area contributed by atoms with E-state index in [0.717, 1.165) is 44.5 Å². The molecule has 88 heavy (non-hydrogen) atoms. The van der Waals surface area contributed by atoms with Crippen LogP contribution in [0.4, 0.5) is 10.6 Å². The quantitative estimate of drug-likeness (QED) is 0.0568. The molecule has 1 fully saturated rings. The van der Waals surface area contributed by atoms with E-state index in [1.54, 1.807) is 29.8 Å². The summed E-state index contributed by atoms with van der Waals surface area (Å²) in [5.41, 5.74) is 2.90. The highest BCUT2D eigenvalue weighted by atomic mass is 32.1. The van der Waals surface area contributed by atoms with E-state index in [4.69, 9.17) is 39.4 Å². The zero-order valence-electron chi connectivity index (χ0n) is 47.7. The number of carboxylic acid groups (broad SMARTS) is 2. The fraction of sp³-hybridized carbons (Fsp3) is 0.351. The summed E-state index contributed by atoms with van der Waals surface area (Å²) >= 11 is 7.12. The van der Waals surface area contributed by atoms with Crippen molar-refractivity contribution in [2.75, 3.05) is 32.1 Å². The topological polar surface area (TPSA) is 349 Å². The summed E-state index contributed by atoms with van der Waals surface area (Å²) < 4.78 is 11.2. The summed E-state index contributed by atoms with van der Waals surface area (Å²) in [6, 6.07) is 10.5. The van der Waals surface area contributed by atoms with E-state index < -0.39 is 90.8 Å². The van der Waals surface area contributed by atoms with Crippen LogP contribution in [0.3, 0.4) is 0 Å². The lowest BCUT2D eigenvalue weighted by molar-refractivity contribution is -0.143. The highest BCUT2D eigenvalue weighted by Gasteiger charge is 2.34. The number of aliphatic carboxylic acids is 2. The summed E-state index contributed by atoms with van der Waals surface area (Å²) in [5, 5.41) is 42.7. The number of hydrogen-bond donors (Lipinski definition) is 7. The van der Waals surface area contributed by atoms with Crippen LogP contribution in [0.2, 0.25) is 0 Å². The normalized spacial score (nSPS) is 18.3. The molecule has 0 radical (unpaired) electrons. The first-order valence-corrected chi connectivity index (χ1v) is 32.6. The molecule has 1 saturated carbocycles. The Kier molecular flexibility index (Phi) is 19.8. The van der Waals surface area contributed by atoms with E-state index >= 15 is 0 Å². The van der Waals surface area contributed by atoms with Crippen LogP contribution in [0, 0.1) is 18.8 Å². The Labute approximate surface area is 526 Å². The minimum atomic E-state index is -1.33. The van der Waals surface area contributed by atoms with Crippen LogP contribution in [-0.4, -0.2) is 126 Å². The summed E-state index contributed by atoms with van der Waals surface area (Å²) in [5.74, 6) is -5.83. The summed E-state index contributed by atoms with van der Waals surface area (Å²) in [6.45, 7) is 4.29. The molecule has 10 bridgehead atoms. The number of nitrogens with zero attached hydrogens (tertiary/aromatic N) is 8. The molecule has 7 aromatic heterocycles. The number of ether oxygens (including phenoxy) is 2. The Bertz CT molecular complexity index is 3920. The van der Waals surface area contributed by atoms with Gasteiger partial charge in [0.05, 0.1) is 54.2 Å². The number of aromatic nitrogens is 7. The lowest BCUT2D eigenvalue weighted by Crippen LogP contribution is -2.39. The molecular weight excluding hydrogens is 1250 g/mol. The fourth-order valence-electron chi connectivity index (χ4n) is 9.68. The molecular formula is C57H57N13O12S6. The van der Waals surface area contributed by atoms with E-state index in [2.05, 4.69) is 31.6 Å². The van der Waals surface area contributed by atoms with Crippen molar-refractivity contribution in [3.63, 3.8) is 0 Å². The van der Waals surface area contributed by atoms with Crippen LogP contribution in [0.15, 0.2) is 64.0 Å². The standard InChI is InChI=1S/C57H57N13O12S6/c1-26(2)43-55-69-46(38(88-55)21-81-5)48(76)59-19-41(72)60-33(17-28-9-7-6-8-10-28)52-65-37(24-85-52)53-63-35(22-84-53)45-31(50-64-36(23-83-50)47(75)62-34(18-40(71)58-4)54-68-44(27(3)87-54)49(77)67-43)15-16-32(61-45)51-66-39(25-86-51)70(20-42(73)74)57(80)82-30-13-11-29(12-14-30)56(78)79/h6-10,15-16,22-26,29-30,33-34,43H,11-14,17-21H2,1-5H3,(H,58,71)(H,59,76)(H,60,72)(H,62,75)(H,67,77)(H,73,74)(H,78,79)/t29?,30?,33-,34-,43?/m0/s1. The van der Waals surface area contributed by atoms with Gasteiger partial charge >= 0.3 is 18.0 Å². The Hall–Kier alpha value is -8.33. The third-order valence-corrected chi connectivity index (χ3v) is 19.9. The highest BCUT2D eigenvalue weighted by molar-refractivity contribution is 7.15. The lowest BCUT2D eigenvalue weighted by atomic mass is 9.87. The molecule has 0 saturated heterocycles. The van der Waals surface area contributed by atoms with Crippen molar-refractivity contribution in [1.29, 1.82) is 0 Å². The summed E-state index contributed by atoms with van der Waals surface area (Å²) in [4.78, 5) is 143. The van der Waals surface area contributed by atoms with Crippen LogP contribution in [0.25, 0.3) is 43.4 Å². The van der Waals surface area contributed by atoms with Gasteiger partial charge in [-0.25, -0.2) is 44.6 Å². The zero-order valence-corrected chi connectivity index (χ0v) is 52.6. The van der Waals surface area contributed by atoms with Gasteiger partial charge in [0.25, 0.3) is 17.7 Å². The zero-order chi connectivity index (χ0) is 62.3. The number of fused-ring (bicyclic) bond motifs is 14. The maximum atomic E-state index is 14.4. The molecule has 2 aliphatic rings. The number of amides is 6. The minimum Gasteiger partial charge on any atom is -0.481 e. The maximum Gasteiger partial charge on any atom is 0.416 e. The predicted octanol–water partition coefficient (Wildman–Crippen LogP) is 8.49. The molecule has 25 nitrogen and oxygen atoms in total. The van der Waals surface area contributed by atoms with E-state index in [-0.39, 0.29) is 46.9 Å². The van der Waals surface area contributed by atoms with Crippen LogP contribution in [-0.2, 0) is 41.7 Å². The molecule has 1 aromatic carbocycles. The van der Waals surface area contributed by atoms with Crippen LogP contribution < -0.4 is 31.5 Å². The van der Waals surface area contributed by atoms with E-state index in [9.17, 15) is 48.6 Å². The number of carboxylic acids is 2. The highest BCUT2D eigenvalue weighted by Crippen LogP contribution is 2.40. The van der Waals surface area contributed by atoms with Crippen LogP contribution in [0.5, 0.6) is 0 Å². The molecule has 3 atom stereocenters. The number of rotatable bonds is 13. The van der Waals surface area contributed by atoms with Gasteiger partial charge in [0, 0.05) is 46.1 Å². The lowest BCUT2D eigenvalue weighted by Gasteiger charge is -2.28. The first kappa shape index (κ1) is 62.7. The van der Waals surface area contributed by atoms with Gasteiger partial charge in [-0.3, -0.25) is 33.6 Å². The number of carbonyl (C=O) groups excluding carboxylic acids is 6. The van der Waals surface area contributed by atoms with Crippen LogP contribution in [0.1, 0.15) is 126 Å². The van der Waals surface area contributed by atoms with Gasteiger partial charge in [0.1, 0.15) is 82.7 Å². The second kappa shape index (κ2) is 27.8. The van der Waals surface area contributed by atoms with Crippen molar-refractivity contribution in [3.8, 4) is 43.4 Å².